The largest absolute Gasteiger partial charge is 0.497 e. The van der Waals surface area contributed by atoms with Crippen LogP contribution in [0.3, 0.4) is 0 Å². The first-order valence-corrected chi connectivity index (χ1v) is 14.0. The highest BCUT2D eigenvalue weighted by Gasteiger charge is 2.39. The number of ether oxygens (including phenoxy) is 2. The lowest BCUT2D eigenvalue weighted by molar-refractivity contribution is -0.147. The molecule has 6 rings (SSSR count). The predicted octanol–water partition coefficient (Wildman–Crippen LogP) is 5.81. The Morgan fingerprint density at radius 2 is 1.77 bits per heavy atom. The maximum absolute atomic E-state index is 13.2. The number of nitrogens with one attached hydrogen (secondary N) is 2. The summed E-state index contributed by atoms with van der Waals surface area (Å²) in [6.07, 6.45) is -0.996. The summed E-state index contributed by atoms with van der Waals surface area (Å²) in [4.78, 5) is 11.2. The van der Waals surface area contributed by atoms with Crippen molar-refractivity contribution >= 4 is 28.0 Å². The van der Waals surface area contributed by atoms with Crippen LogP contribution >= 0.6 is 0 Å². The second kappa shape index (κ2) is 11.9. The Morgan fingerprint density at radius 1 is 0.909 bits per heavy atom. The molecule has 10 nitrogen and oxygen atoms in total. The number of pyridine rings is 2. The van der Waals surface area contributed by atoms with E-state index < -0.39 is 12.0 Å². The van der Waals surface area contributed by atoms with Crippen LogP contribution in [0.15, 0.2) is 60.9 Å². The molecule has 3 aromatic heterocycles. The van der Waals surface area contributed by atoms with Crippen molar-refractivity contribution < 1.29 is 22.6 Å². The summed E-state index contributed by atoms with van der Waals surface area (Å²) in [6, 6.07) is 15.7. The van der Waals surface area contributed by atoms with E-state index in [0.717, 1.165) is 60.9 Å². The Hall–Kier alpha value is -5.07. The number of nitrogens with zero attached hydrogens (tertiary/aromatic N) is 6. The Balaban J connectivity index is 1.14. The molecule has 0 saturated heterocycles. The number of alkyl halides is 3. The lowest BCUT2D eigenvalue weighted by atomic mass is 10.1. The number of halogens is 3. The van der Waals surface area contributed by atoms with Crippen molar-refractivity contribution in [2.24, 2.45) is 0 Å². The van der Waals surface area contributed by atoms with E-state index in [-0.39, 0.29) is 18.9 Å². The van der Waals surface area contributed by atoms with E-state index in [9.17, 15) is 13.2 Å². The van der Waals surface area contributed by atoms with Gasteiger partial charge in [-0.15, -0.1) is 10.2 Å². The van der Waals surface area contributed by atoms with E-state index in [1.54, 1.807) is 26.6 Å². The molecule has 2 aromatic carbocycles. The van der Waals surface area contributed by atoms with Crippen molar-refractivity contribution in [1.29, 1.82) is 0 Å². The number of rotatable bonds is 9. The number of hydrogen-bond acceptors (Lipinski definition) is 9. The fraction of sp³-hybridized carbons (Fsp3) is 0.290. The number of hydrogen-bond donors (Lipinski definition) is 2. The Labute approximate surface area is 251 Å². The van der Waals surface area contributed by atoms with Gasteiger partial charge >= 0.3 is 6.18 Å². The van der Waals surface area contributed by atoms with Gasteiger partial charge in [0.2, 0.25) is 5.82 Å². The first kappa shape index (κ1) is 29.0. The van der Waals surface area contributed by atoms with Gasteiger partial charge in [-0.05, 0) is 42.8 Å². The highest BCUT2D eigenvalue weighted by atomic mass is 19.4. The zero-order valence-corrected chi connectivity index (χ0v) is 24.4. The van der Waals surface area contributed by atoms with E-state index in [1.807, 2.05) is 60.4 Å². The van der Waals surface area contributed by atoms with Crippen molar-refractivity contribution in [3.63, 3.8) is 0 Å². The fourth-order valence-corrected chi connectivity index (χ4v) is 5.39. The van der Waals surface area contributed by atoms with Gasteiger partial charge in [-0.1, -0.05) is 12.1 Å². The molecule has 0 aliphatic carbocycles. The zero-order valence-electron chi connectivity index (χ0n) is 24.4. The average molecular weight is 605 g/mol. The van der Waals surface area contributed by atoms with Crippen LogP contribution in [0.5, 0.6) is 11.5 Å². The highest BCUT2D eigenvalue weighted by molar-refractivity contribution is 5.99. The van der Waals surface area contributed by atoms with Gasteiger partial charge in [0.25, 0.3) is 0 Å². The third-order valence-electron chi connectivity index (χ3n) is 7.74. The predicted molar refractivity (Wildman–Crippen MR) is 161 cm³/mol. The van der Waals surface area contributed by atoms with Crippen molar-refractivity contribution in [2.45, 2.75) is 39.3 Å². The van der Waals surface area contributed by atoms with E-state index >= 15 is 0 Å². The summed E-state index contributed by atoms with van der Waals surface area (Å²) in [7, 11) is 3.25. The minimum absolute atomic E-state index is 0.153. The Kier molecular flexibility index (Phi) is 7.85. The summed E-state index contributed by atoms with van der Waals surface area (Å²) < 4.78 is 51.6. The molecule has 1 aliphatic heterocycles. The Bertz CT molecular complexity index is 1810. The lowest BCUT2D eigenvalue weighted by Crippen LogP contribution is -2.35. The van der Waals surface area contributed by atoms with Gasteiger partial charge in [-0.25, -0.2) is 4.98 Å². The van der Waals surface area contributed by atoms with Gasteiger partial charge in [0, 0.05) is 53.9 Å². The third kappa shape index (κ3) is 5.77. The van der Waals surface area contributed by atoms with Crippen molar-refractivity contribution in [2.75, 3.05) is 36.3 Å². The topological polar surface area (TPSA) is 102 Å². The molecule has 44 heavy (non-hydrogen) atoms. The van der Waals surface area contributed by atoms with Crippen LogP contribution in [-0.2, 0) is 32.4 Å². The molecule has 0 fully saturated rings. The van der Waals surface area contributed by atoms with Crippen molar-refractivity contribution in [1.82, 2.24) is 24.7 Å². The van der Waals surface area contributed by atoms with Gasteiger partial charge in [-0.3, -0.25) is 4.98 Å². The summed E-state index contributed by atoms with van der Waals surface area (Å²) in [5.41, 5.74) is 4.58. The molecule has 4 heterocycles. The lowest BCUT2D eigenvalue weighted by Gasteiger charge is -2.30. The molecule has 0 bridgehead atoms. The third-order valence-corrected chi connectivity index (χ3v) is 7.74. The van der Waals surface area contributed by atoms with Crippen LogP contribution in [0, 0.1) is 6.92 Å². The minimum atomic E-state index is -4.52. The van der Waals surface area contributed by atoms with Gasteiger partial charge in [0.15, 0.2) is 5.82 Å². The molecule has 0 amide bonds. The standard InChI is InChI=1S/C31H31F3N8O2/c1-19-13-21(41-11-12-42-28(18-41)39-40-30(42)31(32,33)34)16-36-26(19)17-37-25-6-4-5-24-23(25)9-10-35-29(24)38-15-20-7-8-22(43-2)14-27(20)44-3/h4-10,13-14,16,37H,11-12,15,17-18H2,1-3H3,(H,35,38). The molecule has 13 heteroatoms. The van der Waals surface area contributed by atoms with Crippen LogP contribution < -0.4 is 25.0 Å². The molecule has 0 spiro atoms. The average Bonchev–Trinajstić information content (AvgIpc) is 3.47. The number of anilines is 3. The summed E-state index contributed by atoms with van der Waals surface area (Å²) in [6.45, 7) is 3.77. The van der Waals surface area contributed by atoms with E-state index in [0.29, 0.717) is 19.6 Å². The van der Waals surface area contributed by atoms with Crippen LogP contribution in [0.1, 0.15) is 28.5 Å². The van der Waals surface area contributed by atoms with Crippen molar-refractivity contribution in [3.8, 4) is 11.5 Å². The molecule has 2 N–H and O–H groups in total. The Morgan fingerprint density at radius 3 is 2.55 bits per heavy atom. The van der Waals surface area contributed by atoms with E-state index in [4.69, 9.17) is 9.47 Å². The molecule has 0 atom stereocenters. The summed E-state index contributed by atoms with van der Waals surface area (Å²) in [5.74, 6) is 1.54. The molecular formula is C31H31F3N8O2. The summed E-state index contributed by atoms with van der Waals surface area (Å²) >= 11 is 0. The maximum atomic E-state index is 13.2. The fourth-order valence-electron chi connectivity index (χ4n) is 5.39. The normalized spacial score (nSPS) is 13.1. The first-order chi connectivity index (χ1) is 21.2. The number of aromatic nitrogens is 5. The number of methoxy groups -OCH3 is 2. The van der Waals surface area contributed by atoms with Gasteiger partial charge in [0.05, 0.1) is 44.9 Å². The minimum Gasteiger partial charge on any atom is -0.497 e. The molecule has 0 radical (unpaired) electrons. The molecule has 1 aliphatic rings. The maximum Gasteiger partial charge on any atom is 0.451 e. The van der Waals surface area contributed by atoms with Crippen LogP contribution in [0.25, 0.3) is 10.8 Å². The SMILES string of the molecule is COc1ccc(CNc2nccc3c(NCc4ncc(N5CCn6c(nnc6C(F)(F)F)C5)cc4C)cccc23)c(OC)c1. The zero-order chi connectivity index (χ0) is 30.8. The van der Waals surface area contributed by atoms with Crippen LogP contribution in [0.2, 0.25) is 0 Å². The van der Waals surface area contributed by atoms with E-state index in [1.165, 1.54) is 0 Å². The highest BCUT2D eigenvalue weighted by Crippen LogP contribution is 2.32. The second-order valence-corrected chi connectivity index (χ2v) is 10.4. The summed E-state index contributed by atoms with van der Waals surface area (Å²) in [5, 5.41) is 16.1. The van der Waals surface area contributed by atoms with Gasteiger partial charge < -0.3 is 29.6 Å². The van der Waals surface area contributed by atoms with Crippen LogP contribution in [-0.4, -0.2) is 45.5 Å². The quantitative estimate of drug-likeness (QED) is 0.216. The molecule has 5 aromatic rings. The second-order valence-electron chi connectivity index (χ2n) is 10.4. The molecule has 228 valence electrons. The monoisotopic (exact) mass is 604 g/mol. The van der Waals surface area contributed by atoms with Gasteiger partial charge in [-0.2, -0.15) is 13.2 Å². The van der Waals surface area contributed by atoms with Gasteiger partial charge in [0.1, 0.15) is 17.3 Å². The van der Waals surface area contributed by atoms with Crippen molar-refractivity contribution in [3.05, 3.63) is 89.4 Å². The molecule has 0 saturated carbocycles. The van der Waals surface area contributed by atoms with E-state index in [2.05, 4.69) is 30.8 Å². The first-order valence-electron chi connectivity index (χ1n) is 14.0. The number of fused-ring (bicyclic) bond motifs is 2. The number of aryl methyl sites for hydroxylation is 1. The smallest absolute Gasteiger partial charge is 0.451 e. The van der Waals surface area contributed by atoms with Crippen LogP contribution in [0.4, 0.5) is 30.4 Å². The number of benzene rings is 2. The molecular weight excluding hydrogens is 573 g/mol. The molecule has 0 unspecified atom stereocenters.